The number of benzene rings is 2. The van der Waals surface area contributed by atoms with Crippen LogP contribution in [0.2, 0.25) is 0 Å². The second kappa shape index (κ2) is 5.23. The second-order valence-corrected chi connectivity index (χ2v) is 4.95. The Bertz CT molecular complexity index is 596. The highest BCUT2D eigenvalue weighted by atomic mass is 79.9. The normalized spacial score (nSPS) is 10.1. The topological polar surface area (TPSA) is 55.1 Å². The highest BCUT2D eigenvalue weighted by Gasteiger charge is 2.07. The molecule has 2 aromatic rings. The van der Waals surface area contributed by atoms with E-state index in [2.05, 4.69) is 21.2 Å². The first-order valence-corrected chi connectivity index (χ1v) is 6.28. The van der Waals surface area contributed by atoms with E-state index in [0.717, 1.165) is 15.7 Å². The van der Waals surface area contributed by atoms with Crippen LogP contribution in [0.3, 0.4) is 0 Å². The third-order valence-corrected chi connectivity index (χ3v) is 3.11. The van der Waals surface area contributed by atoms with Gasteiger partial charge < -0.3 is 11.1 Å². The fraction of sp³-hybridized carbons (Fsp3) is 0.0714. The monoisotopic (exact) mass is 304 g/mol. The van der Waals surface area contributed by atoms with Crippen molar-refractivity contribution in [3.8, 4) is 0 Å². The molecular formula is C14H13BrN2O. The molecule has 3 N–H and O–H groups in total. The SMILES string of the molecule is Cc1cc(C(=O)Nc2cccc(Br)c2)ccc1N. The summed E-state index contributed by atoms with van der Waals surface area (Å²) in [6.07, 6.45) is 0. The standard InChI is InChI=1S/C14H13BrN2O/c1-9-7-10(5-6-13(9)16)14(18)17-12-4-2-3-11(15)8-12/h2-8H,16H2,1H3,(H,17,18). The average molecular weight is 305 g/mol. The molecule has 18 heavy (non-hydrogen) atoms. The molecule has 0 atom stereocenters. The van der Waals surface area contributed by atoms with Crippen LogP contribution in [0.1, 0.15) is 15.9 Å². The highest BCUT2D eigenvalue weighted by molar-refractivity contribution is 9.10. The summed E-state index contributed by atoms with van der Waals surface area (Å²) >= 11 is 3.36. The Labute approximate surface area is 114 Å². The smallest absolute Gasteiger partial charge is 0.255 e. The quantitative estimate of drug-likeness (QED) is 0.833. The number of nitrogen functional groups attached to an aromatic ring is 1. The third kappa shape index (κ3) is 2.90. The van der Waals surface area contributed by atoms with Crippen LogP contribution >= 0.6 is 15.9 Å². The van der Waals surface area contributed by atoms with E-state index in [1.807, 2.05) is 31.2 Å². The number of amides is 1. The molecular weight excluding hydrogens is 292 g/mol. The number of carbonyl (C=O) groups is 1. The Hall–Kier alpha value is -1.81. The lowest BCUT2D eigenvalue weighted by atomic mass is 10.1. The van der Waals surface area contributed by atoms with Gasteiger partial charge in [-0.2, -0.15) is 0 Å². The van der Waals surface area contributed by atoms with Gasteiger partial charge in [0.25, 0.3) is 5.91 Å². The maximum absolute atomic E-state index is 12.0. The van der Waals surface area contributed by atoms with Crippen LogP contribution in [0.4, 0.5) is 11.4 Å². The summed E-state index contributed by atoms with van der Waals surface area (Å²) in [5.41, 5.74) is 8.66. The zero-order chi connectivity index (χ0) is 13.1. The van der Waals surface area contributed by atoms with Crippen molar-refractivity contribution in [2.45, 2.75) is 6.92 Å². The van der Waals surface area contributed by atoms with E-state index < -0.39 is 0 Å². The lowest BCUT2D eigenvalue weighted by Crippen LogP contribution is -2.12. The molecule has 2 aromatic carbocycles. The predicted octanol–water partition coefficient (Wildman–Crippen LogP) is 3.59. The van der Waals surface area contributed by atoms with Crippen LogP contribution in [0, 0.1) is 6.92 Å². The van der Waals surface area contributed by atoms with Gasteiger partial charge in [0.05, 0.1) is 0 Å². The molecule has 4 heteroatoms. The number of hydrogen-bond acceptors (Lipinski definition) is 2. The number of carbonyl (C=O) groups excluding carboxylic acids is 1. The van der Waals surface area contributed by atoms with Gasteiger partial charge in [-0.15, -0.1) is 0 Å². The van der Waals surface area contributed by atoms with Gasteiger partial charge >= 0.3 is 0 Å². The zero-order valence-corrected chi connectivity index (χ0v) is 11.5. The van der Waals surface area contributed by atoms with Crippen LogP contribution in [0.5, 0.6) is 0 Å². The molecule has 2 rings (SSSR count). The number of halogens is 1. The first-order chi connectivity index (χ1) is 8.56. The minimum atomic E-state index is -0.142. The molecule has 0 saturated carbocycles. The molecule has 1 amide bonds. The number of rotatable bonds is 2. The van der Waals surface area contributed by atoms with Crippen molar-refractivity contribution >= 4 is 33.2 Å². The molecule has 0 fully saturated rings. The summed E-state index contributed by atoms with van der Waals surface area (Å²) in [7, 11) is 0. The highest BCUT2D eigenvalue weighted by Crippen LogP contribution is 2.18. The van der Waals surface area contributed by atoms with E-state index >= 15 is 0 Å². The lowest BCUT2D eigenvalue weighted by Gasteiger charge is -2.07. The van der Waals surface area contributed by atoms with E-state index in [1.165, 1.54) is 0 Å². The molecule has 0 saturated heterocycles. The fourth-order valence-electron chi connectivity index (χ4n) is 1.59. The summed E-state index contributed by atoms with van der Waals surface area (Å²) in [5.74, 6) is -0.142. The molecule has 3 nitrogen and oxygen atoms in total. The molecule has 0 radical (unpaired) electrons. The molecule has 0 aliphatic rings. The van der Waals surface area contributed by atoms with Crippen molar-refractivity contribution in [1.82, 2.24) is 0 Å². The largest absolute Gasteiger partial charge is 0.399 e. The zero-order valence-electron chi connectivity index (χ0n) is 9.91. The molecule has 0 aliphatic heterocycles. The van der Waals surface area contributed by atoms with E-state index in [1.54, 1.807) is 18.2 Å². The summed E-state index contributed by atoms with van der Waals surface area (Å²) in [5, 5.41) is 2.84. The van der Waals surface area contributed by atoms with E-state index in [0.29, 0.717) is 11.3 Å². The average Bonchev–Trinajstić information content (AvgIpc) is 2.32. The van der Waals surface area contributed by atoms with Gasteiger partial charge in [-0.25, -0.2) is 0 Å². The van der Waals surface area contributed by atoms with Crippen LogP contribution in [0.15, 0.2) is 46.9 Å². The minimum absolute atomic E-state index is 0.142. The fourth-order valence-corrected chi connectivity index (χ4v) is 1.99. The minimum Gasteiger partial charge on any atom is -0.399 e. The van der Waals surface area contributed by atoms with Crippen molar-refractivity contribution in [1.29, 1.82) is 0 Å². The first-order valence-electron chi connectivity index (χ1n) is 5.49. The third-order valence-electron chi connectivity index (χ3n) is 2.61. The van der Waals surface area contributed by atoms with Crippen molar-refractivity contribution in [3.63, 3.8) is 0 Å². The summed E-state index contributed by atoms with van der Waals surface area (Å²) in [6.45, 7) is 1.88. The van der Waals surface area contributed by atoms with Gasteiger partial charge in [0.2, 0.25) is 0 Å². The van der Waals surface area contributed by atoms with E-state index in [9.17, 15) is 4.79 Å². The summed E-state index contributed by atoms with van der Waals surface area (Å²) < 4.78 is 0.925. The number of hydrogen-bond donors (Lipinski definition) is 2. The predicted molar refractivity (Wildman–Crippen MR) is 77.7 cm³/mol. The van der Waals surface area contributed by atoms with Crippen molar-refractivity contribution in [3.05, 3.63) is 58.1 Å². The Morgan fingerprint density at radius 3 is 2.67 bits per heavy atom. The number of aryl methyl sites for hydroxylation is 1. The van der Waals surface area contributed by atoms with Crippen LogP contribution < -0.4 is 11.1 Å². The van der Waals surface area contributed by atoms with E-state index in [4.69, 9.17) is 5.73 Å². The van der Waals surface area contributed by atoms with Gasteiger partial charge in [0.15, 0.2) is 0 Å². The molecule has 0 bridgehead atoms. The Morgan fingerprint density at radius 1 is 1.22 bits per heavy atom. The van der Waals surface area contributed by atoms with Gasteiger partial charge in [-0.3, -0.25) is 4.79 Å². The number of nitrogens with one attached hydrogen (secondary N) is 1. The maximum atomic E-state index is 12.0. The van der Waals surface area contributed by atoms with Crippen molar-refractivity contribution in [2.75, 3.05) is 11.1 Å². The van der Waals surface area contributed by atoms with Gasteiger partial charge in [0, 0.05) is 21.4 Å². The molecule has 0 aliphatic carbocycles. The molecule has 92 valence electrons. The van der Waals surface area contributed by atoms with Crippen molar-refractivity contribution < 1.29 is 4.79 Å². The Morgan fingerprint density at radius 2 is 2.00 bits per heavy atom. The van der Waals surface area contributed by atoms with E-state index in [-0.39, 0.29) is 5.91 Å². The Kier molecular flexibility index (Phi) is 3.67. The molecule has 0 spiro atoms. The van der Waals surface area contributed by atoms with Gasteiger partial charge in [-0.05, 0) is 48.9 Å². The van der Waals surface area contributed by atoms with Crippen LogP contribution in [-0.4, -0.2) is 5.91 Å². The molecule has 0 heterocycles. The summed E-state index contributed by atoms with van der Waals surface area (Å²) in [6, 6.07) is 12.7. The maximum Gasteiger partial charge on any atom is 0.255 e. The number of anilines is 2. The van der Waals surface area contributed by atoms with Crippen molar-refractivity contribution in [2.24, 2.45) is 0 Å². The number of nitrogens with two attached hydrogens (primary N) is 1. The molecule has 0 unspecified atom stereocenters. The van der Waals surface area contributed by atoms with Gasteiger partial charge in [0.1, 0.15) is 0 Å². The molecule has 0 aromatic heterocycles. The lowest BCUT2D eigenvalue weighted by molar-refractivity contribution is 0.102. The second-order valence-electron chi connectivity index (χ2n) is 4.04. The Balaban J connectivity index is 2.19. The summed E-state index contributed by atoms with van der Waals surface area (Å²) in [4.78, 5) is 12.0. The van der Waals surface area contributed by atoms with Crippen LogP contribution in [-0.2, 0) is 0 Å². The van der Waals surface area contributed by atoms with Gasteiger partial charge in [-0.1, -0.05) is 22.0 Å². The van der Waals surface area contributed by atoms with Crippen LogP contribution in [0.25, 0.3) is 0 Å². The first kappa shape index (κ1) is 12.6.